The molecule has 30 heavy (non-hydrogen) atoms. The molecule has 8 heteroatoms. The lowest BCUT2D eigenvalue weighted by molar-refractivity contribution is -0.149. The second kappa shape index (κ2) is 7.69. The lowest BCUT2D eigenvalue weighted by atomic mass is 9.86. The normalized spacial score (nSPS) is 18.8. The van der Waals surface area contributed by atoms with Gasteiger partial charge < -0.3 is 14.4 Å². The zero-order chi connectivity index (χ0) is 21.6. The number of fused-ring (bicyclic) bond motifs is 2. The van der Waals surface area contributed by atoms with E-state index in [-0.39, 0.29) is 35.8 Å². The second-order valence-electron chi connectivity index (χ2n) is 7.60. The number of nitrogens with zero attached hydrogens (tertiary/aromatic N) is 2. The standard InChI is InChI=1S/C22H20Cl2N2O4/c1-3-22(29)9-19(27)30-11-15-16(22)4-5-26(21(15)28)10-14-7-13-6-12(2)17(23)8-18(13)25-20(14)24/h4-8,29H,3,9-11H2,1-2H3. The molecule has 3 aromatic rings. The third-order valence-corrected chi connectivity index (χ3v) is 6.36. The topological polar surface area (TPSA) is 81.4 Å². The molecular weight excluding hydrogens is 427 g/mol. The van der Waals surface area contributed by atoms with Crippen LogP contribution in [0.2, 0.25) is 10.2 Å². The van der Waals surface area contributed by atoms with Crippen molar-refractivity contribution < 1.29 is 14.6 Å². The maximum atomic E-state index is 13.1. The Morgan fingerprint density at radius 3 is 2.77 bits per heavy atom. The number of cyclic esters (lactones) is 1. The van der Waals surface area contributed by atoms with Crippen LogP contribution >= 0.6 is 23.2 Å². The maximum absolute atomic E-state index is 13.1. The summed E-state index contributed by atoms with van der Waals surface area (Å²) in [6.45, 7) is 3.69. The summed E-state index contributed by atoms with van der Waals surface area (Å²) in [6, 6.07) is 7.24. The fourth-order valence-corrected chi connectivity index (χ4v) is 4.16. The molecule has 0 amide bonds. The van der Waals surface area contributed by atoms with Gasteiger partial charge in [0.25, 0.3) is 5.56 Å². The van der Waals surface area contributed by atoms with Crippen molar-refractivity contribution >= 4 is 40.1 Å². The number of pyridine rings is 2. The van der Waals surface area contributed by atoms with Gasteiger partial charge in [0.1, 0.15) is 17.4 Å². The molecule has 0 saturated carbocycles. The Morgan fingerprint density at radius 1 is 1.27 bits per heavy atom. The Hall–Kier alpha value is -2.41. The van der Waals surface area contributed by atoms with Gasteiger partial charge in [0.05, 0.1) is 24.0 Å². The van der Waals surface area contributed by atoms with E-state index in [0.717, 1.165) is 10.9 Å². The van der Waals surface area contributed by atoms with E-state index in [1.54, 1.807) is 25.3 Å². The number of hydrogen-bond acceptors (Lipinski definition) is 5. The summed E-state index contributed by atoms with van der Waals surface area (Å²) < 4.78 is 6.63. The predicted molar refractivity (Wildman–Crippen MR) is 115 cm³/mol. The number of esters is 1. The number of hydrogen-bond donors (Lipinski definition) is 1. The number of rotatable bonds is 3. The molecule has 1 aliphatic heterocycles. The third kappa shape index (κ3) is 3.60. The van der Waals surface area contributed by atoms with Gasteiger partial charge in [-0.1, -0.05) is 30.1 Å². The van der Waals surface area contributed by atoms with Gasteiger partial charge in [-0.2, -0.15) is 0 Å². The Kier molecular flexibility index (Phi) is 5.34. The van der Waals surface area contributed by atoms with Crippen LogP contribution < -0.4 is 5.56 Å². The molecule has 0 spiro atoms. The number of ether oxygens (including phenoxy) is 1. The zero-order valence-corrected chi connectivity index (χ0v) is 18.0. The van der Waals surface area contributed by atoms with Crippen molar-refractivity contribution in [3.63, 3.8) is 0 Å². The van der Waals surface area contributed by atoms with Crippen LogP contribution in [0.4, 0.5) is 0 Å². The number of aromatic nitrogens is 2. The van der Waals surface area contributed by atoms with Crippen molar-refractivity contribution in [3.8, 4) is 0 Å². The molecule has 156 valence electrons. The molecule has 1 aliphatic rings. The summed E-state index contributed by atoms with van der Waals surface area (Å²) in [5.74, 6) is -0.530. The minimum absolute atomic E-state index is 0.169. The summed E-state index contributed by atoms with van der Waals surface area (Å²) in [7, 11) is 0. The van der Waals surface area contributed by atoms with Gasteiger partial charge in [-0.15, -0.1) is 0 Å². The van der Waals surface area contributed by atoms with Crippen molar-refractivity contribution in [2.45, 2.75) is 45.4 Å². The van der Waals surface area contributed by atoms with Crippen molar-refractivity contribution in [2.24, 2.45) is 0 Å². The average Bonchev–Trinajstić information content (AvgIpc) is 2.83. The summed E-state index contributed by atoms with van der Waals surface area (Å²) in [6.07, 6.45) is 1.72. The first kappa shape index (κ1) is 20.8. The third-order valence-electron chi connectivity index (χ3n) is 5.63. The van der Waals surface area contributed by atoms with E-state index in [9.17, 15) is 14.7 Å². The minimum Gasteiger partial charge on any atom is -0.460 e. The molecule has 0 aliphatic carbocycles. The van der Waals surface area contributed by atoms with Crippen LogP contribution in [0.25, 0.3) is 10.9 Å². The molecule has 6 nitrogen and oxygen atoms in total. The molecule has 1 N–H and O–H groups in total. The Balaban J connectivity index is 1.78. The van der Waals surface area contributed by atoms with E-state index in [1.165, 1.54) is 4.57 Å². The average molecular weight is 447 g/mol. The molecule has 3 heterocycles. The van der Waals surface area contributed by atoms with Crippen molar-refractivity contribution in [1.29, 1.82) is 0 Å². The highest BCUT2D eigenvalue weighted by Crippen LogP contribution is 2.33. The predicted octanol–water partition coefficient (Wildman–Crippen LogP) is 4.10. The van der Waals surface area contributed by atoms with Gasteiger partial charge in [0, 0.05) is 22.2 Å². The molecule has 1 atom stereocenters. The van der Waals surface area contributed by atoms with E-state index in [2.05, 4.69) is 4.98 Å². The van der Waals surface area contributed by atoms with Gasteiger partial charge in [-0.3, -0.25) is 9.59 Å². The lowest BCUT2D eigenvalue weighted by Gasteiger charge is -2.25. The van der Waals surface area contributed by atoms with Crippen LogP contribution in [0, 0.1) is 6.92 Å². The summed E-state index contributed by atoms with van der Waals surface area (Å²) >= 11 is 12.5. The molecule has 0 bridgehead atoms. The van der Waals surface area contributed by atoms with Crippen LogP contribution in [0.1, 0.15) is 42.0 Å². The molecule has 0 saturated heterocycles. The Labute approximate surface area is 183 Å². The minimum atomic E-state index is -1.42. The van der Waals surface area contributed by atoms with E-state index in [4.69, 9.17) is 27.9 Å². The first-order valence-corrected chi connectivity index (χ1v) is 10.3. The largest absolute Gasteiger partial charge is 0.460 e. The van der Waals surface area contributed by atoms with Crippen LogP contribution in [-0.4, -0.2) is 20.6 Å². The number of halogens is 2. The fraction of sp³-hybridized carbons (Fsp3) is 0.318. The smallest absolute Gasteiger partial charge is 0.309 e. The Bertz CT molecular complexity index is 1240. The van der Waals surface area contributed by atoms with Crippen molar-refractivity contribution in [2.75, 3.05) is 0 Å². The van der Waals surface area contributed by atoms with Crippen molar-refractivity contribution in [3.05, 3.63) is 73.2 Å². The molecule has 0 radical (unpaired) electrons. The van der Waals surface area contributed by atoms with Gasteiger partial charge in [0.15, 0.2) is 0 Å². The van der Waals surface area contributed by atoms with E-state index in [1.807, 2.05) is 19.1 Å². The first-order valence-electron chi connectivity index (χ1n) is 9.58. The summed E-state index contributed by atoms with van der Waals surface area (Å²) in [5.41, 5.74) is 1.22. The molecule has 1 aromatic carbocycles. The van der Waals surface area contributed by atoms with Gasteiger partial charge in [-0.05, 0) is 48.7 Å². The van der Waals surface area contributed by atoms with Gasteiger partial charge >= 0.3 is 5.97 Å². The van der Waals surface area contributed by atoms with Crippen LogP contribution in [0.15, 0.2) is 35.3 Å². The molecular formula is C22H20Cl2N2O4. The number of carbonyl (C=O) groups excluding carboxylic acids is 1. The highest BCUT2D eigenvalue weighted by molar-refractivity contribution is 6.32. The highest BCUT2D eigenvalue weighted by atomic mass is 35.5. The summed E-state index contributed by atoms with van der Waals surface area (Å²) in [4.78, 5) is 29.5. The first-order chi connectivity index (χ1) is 14.2. The molecule has 1 unspecified atom stereocenters. The highest BCUT2D eigenvalue weighted by Gasteiger charge is 2.37. The number of aryl methyl sites for hydroxylation is 1. The Morgan fingerprint density at radius 2 is 2.03 bits per heavy atom. The van der Waals surface area contributed by atoms with Crippen molar-refractivity contribution in [1.82, 2.24) is 9.55 Å². The van der Waals surface area contributed by atoms with E-state index >= 15 is 0 Å². The van der Waals surface area contributed by atoms with Gasteiger partial charge in [-0.25, -0.2) is 4.98 Å². The zero-order valence-electron chi connectivity index (χ0n) is 16.5. The number of aliphatic hydroxyl groups is 1. The number of benzene rings is 1. The quantitative estimate of drug-likeness (QED) is 0.483. The fourth-order valence-electron chi connectivity index (χ4n) is 3.80. The summed E-state index contributed by atoms with van der Waals surface area (Å²) in [5, 5.41) is 12.7. The van der Waals surface area contributed by atoms with Crippen LogP contribution in [0.5, 0.6) is 0 Å². The van der Waals surface area contributed by atoms with E-state index in [0.29, 0.717) is 28.1 Å². The molecule has 2 aromatic heterocycles. The lowest BCUT2D eigenvalue weighted by Crippen LogP contribution is -2.32. The molecule has 4 rings (SSSR count). The molecule has 0 fully saturated rings. The number of carbonyl (C=O) groups is 1. The second-order valence-corrected chi connectivity index (χ2v) is 8.36. The van der Waals surface area contributed by atoms with Gasteiger partial charge in [0.2, 0.25) is 0 Å². The van der Waals surface area contributed by atoms with Crippen LogP contribution in [0.3, 0.4) is 0 Å². The SMILES string of the molecule is CCC1(O)CC(=O)OCc2c1ccn(Cc1cc3cc(C)c(Cl)cc3nc1Cl)c2=O. The maximum Gasteiger partial charge on any atom is 0.309 e. The van der Waals surface area contributed by atoms with Crippen LogP contribution in [-0.2, 0) is 28.3 Å². The van der Waals surface area contributed by atoms with E-state index < -0.39 is 11.6 Å². The monoisotopic (exact) mass is 446 g/mol.